The number of halogens is 1. The molecule has 2 aliphatic rings. The Bertz CT molecular complexity index is 828. The number of fused-ring (bicyclic) bond motifs is 1. The molecule has 146 valence electrons. The predicted molar refractivity (Wildman–Crippen MR) is 103 cm³/mol. The molecule has 0 bridgehead atoms. The molecule has 6 heteroatoms. The average Bonchev–Trinajstić information content (AvgIpc) is 3.24. The van der Waals surface area contributed by atoms with Crippen molar-refractivity contribution >= 4 is 16.8 Å². The summed E-state index contributed by atoms with van der Waals surface area (Å²) < 4.78 is 14.1. The van der Waals surface area contributed by atoms with Crippen molar-refractivity contribution in [2.24, 2.45) is 11.8 Å². The molecule has 2 aliphatic heterocycles. The summed E-state index contributed by atoms with van der Waals surface area (Å²) in [5, 5.41) is 10.6. The summed E-state index contributed by atoms with van der Waals surface area (Å²) in [4.78, 5) is 20.4. The fraction of sp³-hybridized carbons (Fsp3) is 0.571. The molecule has 27 heavy (non-hydrogen) atoms. The molecule has 2 atom stereocenters. The van der Waals surface area contributed by atoms with Crippen LogP contribution in [0.4, 0.5) is 4.39 Å². The molecular weight excluding hydrogens is 345 g/mol. The smallest absolute Gasteiger partial charge is 0.270 e. The minimum Gasteiger partial charge on any atom is -0.396 e. The fourth-order valence-electron chi connectivity index (χ4n) is 4.68. The van der Waals surface area contributed by atoms with Gasteiger partial charge in [0.15, 0.2) is 0 Å². The third kappa shape index (κ3) is 3.48. The number of likely N-dealkylation sites (tertiary alicyclic amines) is 2. The van der Waals surface area contributed by atoms with Gasteiger partial charge in [0.05, 0.1) is 5.52 Å². The van der Waals surface area contributed by atoms with Gasteiger partial charge in [-0.3, -0.25) is 4.79 Å². The molecule has 2 aromatic rings. The van der Waals surface area contributed by atoms with Gasteiger partial charge < -0.3 is 19.9 Å². The number of piperidine rings is 1. The van der Waals surface area contributed by atoms with E-state index >= 15 is 0 Å². The van der Waals surface area contributed by atoms with Crippen molar-refractivity contribution in [1.82, 2.24) is 14.8 Å². The van der Waals surface area contributed by atoms with Crippen LogP contribution in [0.3, 0.4) is 0 Å². The van der Waals surface area contributed by atoms with Crippen molar-refractivity contribution in [3.05, 3.63) is 35.3 Å². The van der Waals surface area contributed by atoms with Crippen molar-refractivity contribution in [3.63, 3.8) is 0 Å². The molecule has 0 unspecified atom stereocenters. The molecule has 0 saturated carbocycles. The van der Waals surface area contributed by atoms with E-state index in [4.69, 9.17) is 0 Å². The maximum absolute atomic E-state index is 14.1. The molecule has 5 nitrogen and oxygen atoms in total. The van der Waals surface area contributed by atoms with Gasteiger partial charge in [-0.15, -0.1) is 0 Å². The van der Waals surface area contributed by atoms with E-state index in [1.54, 1.807) is 6.07 Å². The van der Waals surface area contributed by atoms with Crippen LogP contribution in [0.15, 0.2) is 18.2 Å². The van der Waals surface area contributed by atoms with Gasteiger partial charge in [0.25, 0.3) is 5.91 Å². The molecule has 4 rings (SSSR count). The number of H-pyrrole nitrogens is 1. The van der Waals surface area contributed by atoms with Crippen molar-refractivity contribution in [3.8, 4) is 0 Å². The normalized spacial score (nSPS) is 24.0. The van der Waals surface area contributed by atoms with Crippen LogP contribution in [-0.2, 0) is 0 Å². The van der Waals surface area contributed by atoms with Crippen LogP contribution >= 0.6 is 0 Å². The fourth-order valence-corrected chi connectivity index (χ4v) is 4.68. The van der Waals surface area contributed by atoms with Gasteiger partial charge in [0, 0.05) is 37.5 Å². The average molecular weight is 373 g/mol. The summed E-state index contributed by atoms with van der Waals surface area (Å²) in [6.45, 7) is 6.34. The lowest BCUT2D eigenvalue weighted by Crippen LogP contribution is -2.37. The summed E-state index contributed by atoms with van der Waals surface area (Å²) in [7, 11) is 0. The highest BCUT2D eigenvalue weighted by molar-refractivity contribution is 6.01. The van der Waals surface area contributed by atoms with Crippen LogP contribution < -0.4 is 0 Å². The van der Waals surface area contributed by atoms with E-state index < -0.39 is 0 Å². The minimum atomic E-state index is -0.340. The van der Waals surface area contributed by atoms with Crippen molar-refractivity contribution in [1.29, 1.82) is 0 Å². The van der Waals surface area contributed by atoms with Crippen LogP contribution in [0.1, 0.15) is 35.3 Å². The molecular formula is C21H28FN3O2. The monoisotopic (exact) mass is 373 g/mol. The number of hydrogen-bond acceptors (Lipinski definition) is 3. The first-order valence-corrected chi connectivity index (χ1v) is 9.97. The van der Waals surface area contributed by atoms with Crippen molar-refractivity contribution in [2.75, 3.05) is 39.3 Å². The van der Waals surface area contributed by atoms with Crippen molar-refractivity contribution in [2.45, 2.75) is 26.2 Å². The van der Waals surface area contributed by atoms with E-state index in [1.807, 2.05) is 17.9 Å². The highest BCUT2D eigenvalue weighted by Crippen LogP contribution is 2.29. The van der Waals surface area contributed by atoms with Crippen molar-refractivity contribution < 1.29 is 14.3 Å². The Morgan fingerprint density at radius 3 is 2.67 bits per heavy atom. The van der Waals surface area contributed by atoms with Gasteiger partial charge in [0.2, 0.25) is 0 Å². The molecule has 2 fully saturated rings. The summed E-state index contributed by atoms with van der Waals surface area (Å²) in [6, 6.07) is 4.90. The number of hydrogen-bond donors (Lipinski definition) is 2. The number of para-hydroxylation sites is 1. The molecule has 1 aromatic heterocycles. The van der Waals surface area contributed by atoms with E-state index in [-0.39, 0.29) is 24.2 Å². The SMILES string of the molecule is Cc1c(C(=O)N2C[C@@H](CN3CCCCC3)[C@@H](CO)C2)[nH]c2c(F)cccc12. The number of aromatic nitrogens is 1. The maximum atomic E-state index is 14.1. The van der Waals surface area contributed by atoms with Gasteiger partial charge in [-0.25, -0.2) is 4.39 Å². The predicted octanol–water partition coefficient (Wildman–Crippen LogP) is 2.78. The van der Waals surface area contributed by atoms with E-state index in [1.165, 1.54) is 25.3 Å². The zero-order valence-corrected chi connectivity index (χ0v) is 15.9. The van der Waals surface area contributed by atoms with Gasteiger partial charge in [0.1, 0.15) is 11.5 Å². The number of benzene rings is 1. The summed E-state index contributed by atoms with van der Waals surface area (Å²) in [5.74, 6) is -0.0363. The standard InChI is InChI=1S/C21H28FN3O2/c1-14-17-6-5-7-18(22)20(17)23-19(14)21(27)25-11-15(16(12-25)13-26)10-24-8-3-2-4-9-24/h5-7,15-16,23,26H,2-4,8-13H2,1H3/t15-,16-/m1/s1. The quantitative estimate of drug-likeness (QED) is 0.866. The number of nitrogens with zero attached hydrogens (tertiary/aromatic N) is 2. The first-order chi connectivity index (χ1) is 13.1. The third-order valence-electron chi connectivity index (χ3n) is 6.30. The first-order valence-electron chi connectivity index (χ1n) is 9.97. The second-order valence-corrected chi connectivity index (χ2v) is 8.06. The molecule has 1 amide bonds. The van der Waals surface area contributed by atoms with Gasteiger partial charge in [-0.1, -0.05) is 18.6 Å². The number of aliphatic hydroxyl groups is 1. The molecule has 0 aliphatic carbocycles. The maximum Gasteiger partial charge on any atom is 0.270 e. The zero-order valence-electron chi connectivity index (χ0n) is 15.9. The van der Waals surface area contributed by atoms with Gasteiger partial charge in [-0.2, -0.15) is 0 Å². The Balaban J connectivity index is 1.52. The lowest BCUT2D eigenvalue weighted by Gasteiger charge is -2.30. The molecule has 1 aromatic carbocycles. The van der Waals surface area contributed by atoms with Crippen LogP contribution in [0.5, 0.6) is 0 Å². The summed E-state index contributed by atoms with van der Waals surface area (Å²) >= 11 is 0. The summed E-state index contributed by atoms with van der Waals surface area (Å²) in [5.41, 5.74) is 1.64. The number of aryl methyl sites for hydroxylation is 1. The number of carbonyl (C=O) groups excluding carboxylic acids is 1. The van der Waals surface area contributed by atoms with Crippen LogP contribution in [-0.4, -0.2) is 65.1 Å². The lowest BCUT2D eigenvalue weighted by atomic mass is 9.95. The number of amides is 1. The Hall–Kier alpha value is -1.92. The second kappa shape index (κ2) is 7.60. The van der Waals surface area contributed by atoms with Gasteiger partial charge >= 0.3 is 0 Å². The Morgan fingerprint density at radius 1 is 1.22 bits per heavy atom. The molecule has 0 radical (unpaired) electrons. The lowest BCUT2D eigenvalue weighted by molar-refractivity contribution is 0.0773. The Labute approximate surface area is 159 Å². The third-order valence-corrected chi connectivity index (χ3v) is 6.30. The van der Waals surface area contributed by atoms with E-state index in [0.29, 0.717) is 30.2 Å². The first kappa shape index (κ1) is 18.4. The number of nitrogens with one attached hydrogen (secondary N) is 1. The number of aromatic amines is 1. The molecule has 0 spiro atoms. The molecule has 2 N–H and O–H groups in total. The highest BCUT2D eigenvalue weighted by Gasteiger charge is 2.37. The molecule has 2 saturated heterocycles. The van der Waals surface area contributed by atoms with Crippen LogP contribution in [0.2, 0.25) is 0 Å². The number of aliphatic hydroxyl groups excluding tert-OH is 1. The molecule has 3 heterocycles. The number of rotatable bonds is 4. The highest BCUT2D eigenvalue weighted by atomic mass is 19.1. The van der Waals surface area contributed by atoms with Gasteiger partial charge in [-0.05, 0) is 50.4 Å². The van der Waals surface area contributed by atoms with Crippen LogP contribution in [0.25, 0.3) is 10.9 Å². The van der Waals surface area contributed by atoms with E-state index in [2.05, 4.69) is 9.88 Å². The minimum absolute atomic E-state index is 0.0947. The second-order valence-electron chi connectivity index (χ2n) is 8.06. The van der Waals surface area contributed by atoms with E-state index in [9.17, 15) is 14.3 Å². The number of carbonyl (C=O) groups is 1. The van der Waals surface area contributed by atoms with E-state index in [0.717, 1.165) is 30.6 Å². The topological polar surface area (TPSA) is 59.6 Å². The zero-order chi connectivity index (χ0) is 19.0. The van der Waals surface area contributed by atoms with Crippen LogP contribution in [0, 0.1) is 24.6 Å². The summed E-state index contributed by atoms with van der Waals surface area (Å²) in [6.07, 6.45) is 3.77. The Morgan fingerprint density at radius 2 is 1.96 bits per heavy atom. The Kier molecular flexibility index (Phi) is 5.19. The largest absolute Gasteiger partial charge is 0.396 e.